The van der Waals surface area contributed by atoms with Gasteiger partial charge in [0.05, 0.1) is 12.0 Å². The highest BCUT2D eigenvalue weighted by Crippen LogP contribution is 2.38. The third-order valence-corrected chi connectivity index (χ3v) is 6.47. The van der Waals surface area contributed by atoms with Crippen molar-refractivity contribution in [3.63, 3.8) is 0 Å². The van der Waals surface area contributed by atoms with E-state index in [1.54, 1.807) is 6.20 Å². The third-order valence-electron chi connectivity index (χ3n) is 6.47. The summed E-state index contributed by atoms with van der Waals surface area (Å²) in [5.41, 5.74) is 0.698. The number of carbonyl (C=O) groups is 2. The van der Waals surface area contributed by atoms with Gasteiger partial charge in [-0.3, -0.25) is 9.59 Å². The number of rotatable bonds is 8. The Labute approximate surface area is 185 Å². The summed E-state index contributed by atoms with van der Waals surface area (Å²) in [4.78, 5) is 32.5. The number of ether oxygens (including phenoxy) is 1. The molecule has 0 bridgehead atoms. The lowest BCUT2D eigenvalue weighted by Gasteiger charge is -2.41. The van der Waals surface area contributed by atoms with Crippen molar-refractivity contribution in [1.29, 1.82) is 0 Å². The first-order chi connectivity index (χ1) is 14.9. The van der Waals surface area contributed by atoms with Gasteiger partial charge in [-0.05, 0) is 45.1 Å². The minimum Gasteiger partial charge on any atom is -0.466 e. The van der Waals surface area contributed by atoms with Crippen LogP contribution in [0.4, 0.5) is 0 Å². The molecule has 6 nitrogen and oxygen atoms in total. The molecule has 1 amide bonds. The Morgan fingerprint density at radius 3 is 2.42 bits per heavy atom. The van der Waals surface area contributed by atoms with E-state index in [0.717, 1.165) is 18.7 Å². The van der Waals surface area contributed by atoms with E-state index in [-0.39, 0.29) is 23.8 Å². The van der Waals surface area contributed by atoms with E-state index in [2.05, 4.69) is 31.0 Å². The fourth-order valence-corrected chi connectivity index (χ4v) is 4.51. The quantitative estimate of drug-likeness (QED) is 0.589. The van der Waals surface area contributed by atoms with Crippen LogP contribution in [-0.4, -0.2) is 46.0 Å². The Kier molecular flexibility index (Phi) is 7.52. The molecule has 1 atom stereocenters. The average molecular weight is 426 g/mol. The van der Waals surface area contributed by atoms with Crippen molar-refractivity contribution in [2.75, 3.05) is 19.7 Å². The largest absolute Gasteiger partial charge is 0.466 e. The maximum absolute atomic E-state index is 13.2. The third kappa shape index (κ3) is 5.17. The molecule has 0 saturated carbocycles. The van der Waals surface area contributed by atoms with Crippen LogP contribution in [-0.2, 0) is 20.7 Å². The predicted octanol–water partition coefficient (Wildman–Crippen LogP) is 4.37. The van der Waals surface area contributed by atoms with Crippen LogP contribution >= 0.6 is 0 Å². The van der Waals surface area contributed by atoms with Crippen molar-refractivity contribution in [3.05, 3.63) is 54.1 Å². The summed E-state index contributed by atoms with van der Waals surface area (Å²) in [6, 6.07) is 9.93. The summed E-state index contributed by atoms with van der Waals surface area (Å²) in [6.07, 6.45) is 6.48. The van der Waals surface area contributed by atoms with Crippen LogP contribution in [0.5, 0.6) is 0 Å². The van der Waals surface area contributed by atoms with Crippen LogP contribution in [0, 0.1) is 5.41 Å². The number of likely N-dealkylation sites (tertiary alicyclic amines) is 1. The monoisotopic (exact) mass is 425 g/mol. The van der Waals surface area contributed by atoms with E-state index < -0.39 is 5.41 Å². The Morgan fingerprint density at radius 1 is 1.13 bits per heavy atom. The zero-order valence-corrected chi connectivity index (χ0v) is 19.2. The van der Waals surface area contributed by atoms with Crippen molar-refractivity contribution in [3.8, 4) is 0 Å². The minimum absolute atomic E-state index is 0.0837. The molecule has 1 fully saturated rings. The van der Waals surface area contributed by atoms with Gasteiger partial charge < -0.3 is 14.2 Å². The first kappa shape index (κ1) is 23.0. The molecular weight excluding hydrogens is 390 g/mol. The maximum atomic E-state index is 13.2. The van der Waals surface area contributed by atoms with Crippen molar-refractivity contribution < 1.29 is 14.3 Å². The molecule has 0 radical (unpaired) electrons. The van der Waals surface area contributed by atoms with Gasteiger partial charge in [0, 0.05) is 31.4 Å². The Bertz CT molecular complexity index is 867. The standard InChI is InChI=1S/C25H35N3O3/c1-5-31-24(30)25(12-11-21-9-7-6-8-10-21)13-16-27(17-14-25)23(29)20(4)28-18-15-26-22(28)19(2)3/h6-10,15,18-20H,5,11-14,16-17H2,1-4H3/t20-/m1/s1. The number of hydrogen-bond acceptors (Lipinski definition) is 4. The van der Waals surface area contributed by atoms with Crippen LogP contribution in [0.2, 0.25) is 0 Å². The average Bonchev–Trinajstić information content (AvgIpc) is 3.28. The summed E-state index contributed by atoms with van der Waals surface area (Å²) in [5, 5.41) is 0. The molecule has 1 saturated heterocycles. The van der Waals surface area contributed by atoms with E-state index >= 15 is 0 Å². The molecule has 31 heavy (non-hydrogen) atoms. The van der Waals surface area contributed by atoms with E-state index in [9.17, 15) is 9.59 Å². The highest BCUT2D eigenvalue weighted by Gasteiger charge is 2.43. The van der Waals surface area contributed by atoms with Gasteiger partial charge in [0.15, 0.2) is 0 Å². The molecule has 168 valence electrons. The topological polar surface area (TPSA) is 64.4 Å². The Hall–Kier alpha value is -2.63. The zero-order valence-electron chi connectivity index (χ0n) is 19.2. The number of carbonyl (C=O) groups excluding carboxylic acids is 2. The number of esters is 1. The molecule has 0 spiro atoms. The number of imidazole rings is 1. The Morgan fingerprint density at radius 2 is 1.81 bits per heavy atom. The van der Waals surface area contributed by atoms with E-state index in [1.807, 2.05) is 47.7 Å². The van der Waals surface area contributed by atoms with Crippen LogP contribution in [0.3, 0.4) is 0 Å². The zero-order chi connectivity index (χ0) is 22.4. The second-order valence-corrected chi connectivity index (χ2v) is 8.84. The van der Waals surface area contributed by atoms with E-state index in [1.165, 1.54) is 5.56 Å². The number of nitrogens with zero attached hydrogens (tertiary/aromatic N) is 3. The first-order valence-electron chi connectivity index (χ1n) is 11.4. The van der Waals surface area contributed by atoms with Crippen molar-refractivity contribution in [1.82, 2.24) is 14.5 Å². The lowest BCUT2D eigenvalue weighted by atomic mass is 9.74. The fourth-order valence-electron chi connectivity index (χ4n) is 4.51. The van der Waals surface area contributed by atoms with Gasteiger partial charge in [-0.25, -0.2) is 4.98 Å². The molecule has 1 aromatic carbocycles. The van der Waals surface area contributed by atoms with Gasteiger partial charge in [0.2, 0.25) is 5.91 Å². The maximum Gasteiger partial charge on any atom is 0.312 e. The molecule has 1 aliphatic heterocycles. The SMILES string of the molecule is CCOC(=O)C1(CCc2ccccc2)CCN(C(=O)[C@@H](C)n2ccnc2C(C)C)CC1. The van der Waals surface area contributed by atoms with Crippen LogP contribution < -0.4 is 0 Å². The van der Waals surface area contributed by atoms with Crippen LogP contribution in [0.15, 0.2) is 42.7 Å². The van der Waals surface area contributed by atoms with Gasteiger partial charge in [0.1, 0.15) is 11.9 Å². The lowest BCUT2D eigenvalue weighted by Crippen LogP contribution is -2.49. The molecule has 2 aromatic rings. The van der Waals surface area contributed by atoms with Gasteiger partial charge >= 0.3 is 5.97 Å². The Balaban J connectivity index is 1.68. The highest BCUT2D eigenvalue weighted by atomic mass is 16.5. The van der Waals surface area contributed by atoms with Crippen LogP contribution in [0.1, 0.15) is 70.3 Å². The van der Waals surface area contributed by atoms with E-state index in [0.29, 0.717) is 32.5 Å². The first-order valence-corrected chi connectivity index (χ1v) is 11.4. The molecule has 2 heterocycles. The molecule has 6 heteroatoms. The summed E-state index contributed by atoms with van der Waals surface area (Å²) in [5.74, 6) is 1.13. The van der Waals surface area contributed by atoms with Gasteiger partial charge in [0.25, 0.3) is 0 Å². The molecular formula is C25H35N3O3. The van der Waals surface area contributed by atoms with Gasteiger partial charge in [-0.1, -0.05) is 44.2 Å². The van der Waals surface area contributed by atoms with Crippen molar-refractivity contribution in [2.24, 2.45) is 5.41 Å². The molecule has 0 aliphatic carbocycles. The fraction of sp³-hybridized carbons (Fsp3) is 0.560. The van der Waals surface area contributed by atoms with Crippen LogP contribution in [0.25, 0.3) is 0 Å². The predicted molar refractivity (Wildman–Crippen MR) is 121 cm³/mol. The summed E-state index contributed by atoms with van der Waals surface area (Å²) in [6.45, 7) is 9.46. The number of piperidine rings is 1. The summed E-state index contributed by atoms with van der Waals surface area (Å²) in [7, 11) is 0. The molecule has 0 N–H and O–H groups in total. The van der Waals surface area contributed by atoms with Crippen molar-refractivity contribution >= 4 is 11.9 Å². The number of benzene rings is 1. The molecule has 3 rings (SSSR count). The molecule has 1 aliphatic rings. The summed E-state index contributed by atoms with van der Waals surface area (Å²) < 4.78 is 7.43. The lowest BCUT2D eigenvalue weighted by molar-refractivity contribution is -0.161. The number of aromatic nitrogens is 2. The van der Waals surface area contributed by atoms with E-state index in [4.69, 9.17) is 4.74 Å². The molecule has 1 aromatic heterocycles. The normalized spacial score (nSPS) is 16.9. The second kappa shape index (κ2) is 10.1. The number of amides is 1. The van der Waals surface area contributed by atoms with Gasteiger partial charge in [-0.15, -0.1) is 0 Å². The minimum atomic E-state index is -0.524. The summed E-state index contributed by atoms with van der Waals surface area (Å²) >= 11 is 0. The second-order valence-electron chi connectivity index (χ2n) is 8.84. The molecule has 0 unspecified atom stereocenters. The number of aryl methyl sites for hydroxylation is 1. The van der Waals surface area contributed by atoms with Gasteiger partial charge in [-0.2, -0.15) is 0 Å². The smallest absolute Gasteiger partial charge is 0.312 e. The highest BCUT2D eigenvalue weighted by molar-refractivity contribution is 5.81. The number of hydrogen-bond donors (Lipinski definition) is 0. The van der Waals surface area contributed by atoms with Crippen molar-refractivity contribution in [2.45, 2.75) is 65.3 Å².